The summed E-state index contributed by atoms with van der Waals surface area (Å²) in [6.45, 7) is 7.29. The highest BCUT2D eigenvalue weighted by Gasteiger charge is 2.18. The molecule has 0 unspecified atom stereocenters. The number of nitrogens with one attached hydrogen (secondary N) is 1. The van der Waals surface area contributed by atoms with E-state index in [1.807, 2.05) is 24.3 Å². The van der Waals surface area contributed by atoms with E-state index in [0.717, 1.165) is 12.0 Å². The predicted octanol–water partition coefficient (Wildman–Crippen LogP) is 5.03. The Morgan fingerprint density at radius 2 is 1.66 bits per heavy atom. The minimum absolute atomic E-state index is 0.0816. The number of ether oxygens (including phenoxy) is 1. The van der Waals surface area contributed by atoms with Crippen molar-refractivity contribution in [1.29, 1.82) is 0 Å². The first-order valence-corrected chi connectivity index (χ1v) is 12.9. The molecule has 0 radical (unpaired) electrons. The van der Waals surface area contributed by atoms with Crippen molar-refractivity contribution in [3.8, 4) is 5.75 Å². The molecule has 32 heavy (non-hydrogen) atoms. The predicted molar refractivity (Wildman–Crippen MR) is 132 cm³/mol. The highest BCUT2D eigenvalue weighted by Crippen LogP contribution is 2.27. The Morgan fingerprint density at radius 3 is 2.19 bits per heavy atom. The molecule has 1 amide bonds. The van der Waals surface area contributed by atoms with E-state index in [0.29, 0.717) is 35.3 Å². The van der Waals surface area contributed by atoms with Gasteiger partial charge in [0.15, 0.2) is 0 Å². The van der Waals surface area contributed by atoms with Crippen molar-refractivity contribution in [2.45, 2.75) is 39.0 Å². The molecule has 6 nitrogen and oxygen atoms in total. The Kier molecular flexibility index (Phi) is 9.25. The molecule has 2 aromatic carbocycles. The maximum atomic E-state index is 12.2. The number of amides is 1. The highest BCUT2D eigenvalue weighted by atomic mass is 35.5. The molecule has 0 heterocycles. The second kappa shape index (κ2) is 11.3. The van der Waals surface area contributed by atoms with Gasteiger partial charge in [-0.25, -0.2) is 8.42 Å². The number of carbonyl (C=O) groups excluding carboxylic acids is 1. The van der Waals surface area contributed by atoms with E-state index in [9.17, 15) is 13.2 Å². The van der Waals surface area contributed by atoms with Crippen LogP contribution in [0.25, 0.3) is 0 Å². The van der Waals surface area contributed by atoms with Crippen LogP contribution in [-0.4, -0.2) is 40.3 Å². The Labute approximate surface area is 200 Å². The van der Waals surface area contributed by atoms with Crippen molar-refractivity contribution in [3.05, 3.63) is 58.1 Å². The summed E-state index contributed by atoms with van der Waals surface area (Å²) >= 11 is 12.0. The fraction of sp³-hybridized carbons (Fsp3) is 0.435. The van der Waals surface area contributed by atoms with Crippen molar-refractivity contribution >= 4 is 44.8 Å². The van der Waals surface area contributed by atoms with Crippen LogP contribution in [0.1, 0.15) is 39.2 Å². The van der Waals surface area contributed by atoms with E-state index in [1.54, 1.807) is 0 Å². The molecule has 2 rings (SSSR count). The molecule has 0 spiro atoms. The number of carbonyl (C=O) groups is 1. The molecule has 176 valence electrons. The van der Waals surface area contributed by atoms with E-state index in [-0.39, 0.29) is 24.3 Å². The van der Waals surface area contributed by atoms with E-state index in [4.69, 9.17) is 27.9 Å². The number of sulfonamides is 1. The van der Waals surface area contributed by atoms with E-state index >= 15 is 0 Å². The van der Waals surface area contributed by atoms with Gasteiger partial charge < -0.3 is 10.1 Å². The zero-order valence-electron chi connectivity index (χ0n) is 18.8. The standard InChI is InChI=1S/C23H30Cl2N2O4S/c1-23(2,3)17-7-9-21(10-8-17)31-13-11-26-22(28)6-5-12-27(32(4,29)30)20-15-18(24)14-19(25)16-20/h7-10,14-16H,5-6,11-13H2,1-4H3,(H,26,28). The number of anilines is 1. The maximum absolute atomic E-state index is 12.2. The highest BCUT2D eigenvalue weighted by molar-refractivity contribution is 7.92. The van der Waals surface area contributed by atoms with Gasteiger partial charge in [-0.1, -0.05) is 56.1 Å². The summed E-state index contributed by atoms with van der Waals surface area (Å²) < 4.78 is 31.2. The van der Waals surface area contributed by atoms with Crippen LogP contribution in [0.3, 0.4) is 0 Å². The molecule has 0 fully saturated rings. The van der Waals surface area contributed by atoms with Gasteiger partial charge in [0.05, 0.1) is 18.5 Å². The number of nitrogens with zero attached hydrogens (tertiary/aromatic N) is 1. The molecule has 0 aliphatic heterocycles. The topological polar surface area (TPSA) is 75.7 Å². The van der Waals surface area contributed by atoms with Gasteiger partial charge in [-0.05, 0) is 47.7 Å². The van der Waals surface area contributed by atoms with Crippen LogP contribution in [0.2, 0.25) is 10.0 Å². The van der Waals surface area contributed by atoms with Crippen molar-refractivity contribution in [1.82, 2.24) is 5.32 Å². The van der Waals surface area contributed by atoms with Crippen LogP contribution in [0.15, 0.2) is 42.5 Å². The third-order valence-electron chi connectivity index (χ3n) is 4.71. The Hall–Kier alpha value is -1.96. The van der Waals surface area contributed by atoms with Crippen LogP contribution in [0.5, 0.6) is 5.75 Å². The Balaban J connectivity index is 1.77. The fourth-order valence-corrected chi connectivity index (χ4v) is 4.52. The van der Waals surface area contributed by atoms with Gasteiger partial charge in [-0.3, -0.25) is 9.10 Å². The number of hydrogen-bond donors (Lipinski definition) is 1. The third kappa shape index (κ3) is 8.52. The van der Waals surface area contributed by atoms with Gasteiger partial charge in [0, 0.05) is 23.0 Å². The summed E-state index contributed by atoms with van der Waals surface area (Å²) in [7, 11) is -3.55. The number of hydrogen-bond acceptors (Lipinski definition) is 4. The summed E-state index contributed by atoms with van der Waals surface area (Å²) in [6.07, 6.45) is 1.63. The molecule has 0 aromatic heterocycles. The van der Waals surface area contributed by atoms with Crippen molar-refractivity contribution in [3.63, 3.8) is 0 Å². The fourth-order valence-electron chi connectivity index (χ4n) is 3.05. The maximum Gasteiger partial charge on any atom is 0.232 e. The van der Waals surface area contributed by atoms with Crippen molar-refractivity contribution in [2.24, 2.45) is 0 Å². The smallest absolute Gasteiger partial charge is 0.232 e. The molecular weight excluding hydrogens is 471 g/mol. The molecule has 0 bridgehead atoms. The van der Waals surface area contributed by atoms with Crippen LogP contribution in [0, 0.1) is 0 Å². The van der Waals surface area contributed by atoms with Gasteiger partial charge >= 0.3 is 0 Å². The first kappa shape index (κ1) is 26.3. The molecule has 0 saturated heterocycles. The molecule has 9 heteroatoms. The summed E-state index contributed by atoms with van der Waals surface area (Å²) in [4.78, 5) is 12.1. The first-order valence-electron chi connectivity index (χ1n) is 10.3. The largest absolute Gasteiger partial charge is 0.492 e. The molecule has 0 atom stereocenters. The lowest BCUT2D eigenvalue weighted by atomic mass is 9.87. The van der Waals surface area contributed by atoms with Gasteiger partial charge in [0.25, 0.3) is 0 Å². The molecule has 0 saturated carbocycles. The van der Waals surface area contributed by atoms with E-state index < -0.39 is 10.0 Å². The van der Waals surface area contributed by atoms with Gasteiger partial charge in [-0.2, -0.15) is 0 Å². The normalized spacial score (nSPS) is 11.8. The monoisotopic (exact) mass is 500 g/mol. The van der Waals surface area contributed by atoms with E-state index in [1.165, 1.54) is 28.1 Å². The number of halogens is 2. The van der Waals surface area contributed by atoms with Gasteiger partial charge in [-0.15, -0.1) is 0 Å². The summed E-state index contributed by atoms with van der Waals surface area (Å²) in [6, 6.07) is 12.5. The van der Waals surface area contributed by atoms with Gasteiger partial charge in [0.2, 0.25) is 15.9 Å². The minimum atomic E-state index is -3.55. The summed E-state index contributed by atoms with van der Waals surface area (Å²) in [5, 5.41) is 3.46. The molecule has 0 aliphatic rings. The minimum Gasteiger partial charge on any atom is -0.492 e. The first-order chi connectivity index (χ1) is 14.9. The van der Waals surface area contributed by atoms with Crippen LogP contribution >= 0.6 is 23.2 Å². The zero-order chi connectivity index (χ0) is 23.9. The Morgan fingerprint density at radius 1 is 1.06 bits per heavy atom. The number of benzene rings is 2. The third-order valence-corrected chi connectivity index (χ3v) is 6.34. The average molecular weight is 501 g/mol. The molecule has 0 aliphatic carbocycles. The molecule has 2 aromatic rings. The van der Waals surface area contributed by atoms with Gasteiger partial charge in [0.1, 0.15) is 12.4 Å². The van der Waals surface area contributed by atoms with Crippen LogP contribution in [0.4, 0.5) is 5.69 Å². The SMILES string of the molecule is CC(C)(C)c1ccc(OCCNC(=O)CCCN(c2cc(Cl)cc(Cl)c2)S(C)(=O)=O)cc1. The Bertz CT molecular complexity index is 999. The average Bonchev–Trinajstić information content (AvgIpc) is 2.66. The van der Waals surface area contributed by atoms with Crippen molar-refractivity contribution in [2.75, 3.05) is 30.3 Å². The molecule has 1 N–H and O–H groups in total. The lowest BCUT2D eigenvalue weighted by Crippen LogP contribution is -2.33. The van der Waals surface area contributed by atoms with Crippen LogP contribution in [-0.2, 0) is 20.2 Å². The zero-order valence-corrected chi connectivity index (χ0v) is 21.1. The van der Waals surface area contributed by atoms with E-state index in [2.05, 4.69) is 26.1 Å². The number of rotatable bonds is 10. The van der Waals surface area contributed by atoms with Crippen molar-refractivity contribution < 1.29 is 17.9 Å². The summed E-state index contributed by atoms with van der Waals surface area (Å²) in [5.41, 5.74) is 1.68. The second-order valence-corrected chi connectivity index (χ2v) is 11.3. The molecular formula is C23H30Cl2N2O4S. The second-order valence-electron chi connectivity index (χ2n) is 8.54. The lowest BCUT2D eigenvalue weighted by molar-refractivity contribution is -0.121. The lowest BCUT2D eigenvalue weighted by Gasteiger charge is -2.22. The van der Waals surface area contributed by atoms with Crippen LogP contribution < -0.4 is 14.4 Å². The quantitative estimate of drug-likeness (QED) is 0.464. The summed E-state index contributed by atoms with van der Waals surface area (Å²) in [5.74, 6) is 0.575.